The molecule has 1 aromatic carbocycles. The maximum atomic E-state index is 5.40. The second-order valence-corrected chi connectivity index (χ2v) is 3.66. The van der Waals surface area contributed by atoms with Crippen LogP contribution in [-0.4, -0.2) is 29.1 Å². The molecule has 15 heavy (non-hydrogen) atoms. The number of benzene rings is 1. The van der Waals surface area contributed by atoms with E-state index in [-0.39, 0.29) is 6.10 Å². The number of imidazole rings is 1. The monoisotopic (exact) mass is 204 g/mol. The number of hydrogen-bond donors (Lipinski definition) is 0. The van der Waals surface area contributed by atoms with Gasteiger partial charge in [-0.2, -0.15) is 0 Å². The fourth-order valence-electron chi connectivity index (χ4n) is 1.85. The molecular formula is C11H12N2O2. The fraction of sp³-hybridized carbons (Fsp3) is 0.364. The van der Waals surface area contributed by atoms with E-state index in [1.165, 1.54) is 0 Å². The Hall–Kier alpha value is -1.39. The van der Waals surface area contributed by atoms with E-state index in [4.69, 9.17) is 9.47 Å². The van der Waals surface area contributed by atoms with Crippen LogP contribution in [0.1, 0.15) is 0 Å². The standard InChI is InChI=1S/C11H12N2O2/c1-2-4-11-10(3-1)12-7-13(11)5-9-6-14-8-15-9/h1-4,7,9H,5-6,8H2. The van der Waals surface area contributed by atoms with Crippen LogP contribution in [0.4, 0.5) is 0 Å². The molecule has 1 aliphatic rings. The van der Waals surface area contributed by atoms with Crippen molar-refractivity contribution in [2.24, 2.45) is 0 Å². The van der Waals surface area contributed by atoms with Crippen molar-refractivity contribution in [2.45, 2.75) is 12.6 Å². The Morgan fingerprint density at radius 3 is 3.20 bits per heavy atom. The zero-order valence-electron chi connectivity index (χ0n) is 8.30. The van der Waals surface area contributed by atoms with Crippen LogP contribution in [0.2, 0.25) is 0 Å². The normalized spacial score (nSPS) is 21.2. The second-order valence-electron chi connectivity index (χ2n) is 3.66. The van der Waals surface area contributed by atoms with Crippen molar-refractivity contribution in [1.29, 1.82) is 0 Å². The third kappa shape index (κ3) is 1.62. The molecule has 3 rings (SSSR count). The van der Waals surface area contributed by atoms with Crippen LogP contribution in [0, 0.1) is 0 Å². The Bertz CT molecular complexity index is 460. The predicted octanol–water partition coefficient (Wildman–Crippen LogP) is 1.41. The lowest BCUT2D eigenvalue weighted by molar-refractivity contribution is 0.0426. The number of para-hydroxylation sites is 2. The summed E-state index contributed by atoms with van der Waals surface area (Å²) in [6.07, 6.45) is 2.01. The molecule has 4 heteroatoms. The van der Waals surface area contributed by atoms with Crippen LogP contribution in [0.25, 0.3) is 11.0 Å². The summed E-state index contributed by atoms with van der Waals surface area (Å²) in [6.45, 7) is 1.89. The minimum absolute atomic E-state index is 0.155. The molecule has 0 N–H and O–H groups in total. The molecule has 4 nitrogen and oxygen atoms in total. The van der Waals surface area contributed by atoms with Gasteiger partial charge in [-0.05, 0) is 12.1 Å². The molecule has 0 spiro atoms. The van der Waals surface area contributed by atoms with E-state index in [1.807, 2.05) is 24.5 Å². The van der Waals surface area contributed by atoms with Crippen molar-refractivity contribution < 1.29 is 9.47 Å². The first-order valence-electron chi connectivity index (χ1n) is 5.03. The van der Waals surface area contributed by atoms with Crippen LogP contribution < -0.4 is 0 Å². The highest BCUT2D eigenvalue weighted by Crippen LogP contribution is 2.14. The van der Waals surface area contributed by atoms with Gasteiger partial charge in [-0.15, -0.1) is 0 Å². The van der Waals surface area contributed by atoms with Gasteiger partial charge in [-0.3, -0.25) is 0 Å². The first-order chi connectivity index (χ1) is 7.43. The maximum absolute atomic E-state index is 5.40. The fourth-order valence-corrected chi connectivity index (χ4v) is 1.85. The molecule has 0 saturated carbocycles. The van der Waals surface area contributed by atoms with Gasteiger partial charge in [0, 0.05) is 0 Å². The van der Waals surface area contributed by atoms with Gasteiger partial charge in [-0.25, -0.2) is 4.98 Å². The SMILES string of the molecule is c1ccc2c(c1)ncn2CC1COCO1. The first kappa shape index (κ1) is 8.88. The lowest BCUT2D eigenvalue weighted by Gasteiger charge is -2.08. The summed E-state index contributed by atoms with van der Waals surface area (Å²) in [5, 5.41) is 0. The summed E-state index contributed by atoms with van der Waals surface area (Å²) in [5.74, 6) is 0. The molecule has 2 aromatic rings. The largest absolute Gasteiger partial charge is 0.353 e. The molecule has 1 aliphatic heterocycles. The summed E-state index contributed by atoms with van der Waals surface area (Å²) in [4.78, 5) is 4.33. The molecule has 1 fully saturated rings. The summed E-state index contributed by atoms with van der Waals surface area (Å²) in [7, 11) is 0. The second kappa shape index (κ2) is 3.64. The molecule has 0 amide bonds. The van der Waals surface area contributed by atoms with Gasteiger partial charge in [0.15, 0.2) is 0 Å². The van der Waals surface area contributed by atoms with E-state index in [0.29, 0.717) is 13.4 Å². The van der Waals surface area contributed by atoms with E-state index in [2.05, 4.69) is 15.6 Å². The van der Waals surface area contributed by atoms with Gasteiger partial charge in [0.05, 0.1) is 30.5 Å². The van der Waals surface area contributed by atoms with Gasteiger partial charge in [0.25, 0.3) is 0 Å². The first-order valence-corrected chi connectivity index (χ1v) is 5.03. The topological polar surface area (TPSA) is 36.3 Å². The molecule has 1 atom stereocenters. The van der Waals surface area contributed by atoms with Gasteiger partial charge in [0.2, 0.25) is 0 Å². The van der Waals surface area contributed by atoms with E-state index in [9.17, 15) is 0 Å². The Labute approximate surface area is 87.4 Å². The Morgan fingerprint density at radius 2 is 2.33 bits per heavy atom. The molecule has 1 unspecified atom stereocenters. The average molecular weight is 204 g/mol. The smallest absolute Gasteiger partial charge is 0.147 e. The van der Waals surface area contributed by atoms with Gasteiger partial charge >= 0.3 is 0 Å². The number of aromatic nitrogens is 2. The van der Waals surface area contributed by atoms with Crippen LogP contribution in [0.15, 0.2) is 30.6 Å². The van der Waals surface area contributed by atoms with Crippen LogP contribution in [0.3, 0.4) is 0 Å². The molecule has 1 aromatic heterocycles. The van der Waals surface area contributed by atoms with Crippen LogP contribution >= 0.6 is 0 Å². The minimum Gasteiger partial charge on any atom is -0.353 e. The molecule has 0 bridgehead atoms. The van der Waals surface area contributed by atoms with Crippen molar-refractivity contribution in [3.8, 4) is 0 Å². The highest BCUT2D eigenvalue weighted by Gasteiger charge is 2.17. The van der Waals surface area contributed by atoms with E-state index >= 15 is 0 Å². The number of rotatable bonds is 2. The molecule has 0 aliphatic carbocycles. The third-order valence-corrected chi connectivity index (χ3v) is 2.62. The molecular weight excluding hydrogens is 192 g/mol. The van der Waals surface area contributed by atoms with E-state index in [1.54, 1.807) is 0 Å². The van der Waals surface area contributed by atoms with Crippen molar-refractivity contribution in [3.63, 3.8) is 0 Å². The summed E-state index contributed by atoms with van der Waals surface area (Å²) in [5.41, 5.74) is 2.17. The van der Waals surface area contributed by atoms with Crippen molar-refractivity contribution >= 4 is 11.0 Å². The van der Waals surface area contributed by atoms with Crippen molar-refractivity contribution in [1.82, 2.24) is 9.55 Å². The molecule has 2 heterocycles. The van der Waals surface area contributed by atoms with Gasteiger partial charge in [-0.1, -0.05) is 12.1 Å². The number of hydrogen-bond acceptors (Lipinski definition) is 3. The predicted molar refractivity (Wildman–Crippen MR) is 55.4 cm³/mol. The van der Waals surface area contributed by atoms with Crippen LogP contribution in [0.5, 0.6) is 0 Å². The zero-order chi connectivity index (χ0) is 10.1. The van der Waals surface area contributed by atoms with Crippen LogP contribution in [-0.2, 0) is 16.0 Å². The summed E-state index contributed by atoms with van der Waals surface area (Å²) < 4.78 is 12.7. The van der Waals surface area contributed by atoms with Crippen molar-refractivity contribution in [2.75, 3.05) is 13.4 Å². The molecule has 78 valence electrons. The van der Waals surface area contributed by atoms with E-state index < -0.39 is 0 Å². The van der Waals surface area contributed by atoms with Gasteiger partial charge in [0.1, 0.15) is 12.9 Å². The highest BCUT2D eigenvalue weighted by atomic mass is 16.7. The number of fused-ring (bicyclic) bond motifs is 1. The summed E-state index contributed by atoms with van der Waals surface area (Å²) in [6, 6.07) is 8.09. The molecule has 0 radical (unpaired) electrons. The third-order valence-electron chi connectivity index (χ3n) is 2.62. The summed E-state index contributed by atoms with van der Waals surface area (Å²) >= 11 is 0. The lowest BCUT2D eigenvalue weighted by atomic mass is 10.3. The van der Waals surface area contributed by atoms with Crippen molar-refractivity contribution in [3.05, 3.63) is 30.6 Å². The average Bonchev–Trinajstić information content (AvgIpc) is 2.89. The quantitative estimate of drug-likeness (QED) is 0.742. The van der Waals surface area contributed by atoms with Gasteiger partial charge < -0.3 is 14.0 Å². The zero-order valence-corrected chi connectivity index (χ0v) is 8.30. The number of ether oxygens (including phenoxy) is 2. The Kier molecular flexibility index (Phi) is 2.16. The molecule has 1 saturated heterocycles. The Balaban J connectivity index is 1.90. The number of nitrogens with zero attached hydrogens (tertiary/aromatic N) is 2. The lowest BCUT2D eigenvalue weighted by Crippen LogP contribution is -2.17. The minimum atomic E-state index is 0.155. The highest BCUT2D eigenvalue weighted by molar-refractivity contribution is 5.74. The Morgan fingerprint density at radius 1 is 1.40 bits per heavy atom. The maximum Gasteiger partial charge on any atom is 0.147 e. The van der Waals surface area contributed by atoms with E-state index in [0.717, 1.165) is 17.6 Å².